The summed E-state index contributed by atoms with van der Waals surface area (Å²) < 4.78 is 11.5. The smallest absolute Gasteiger partial charge is 0.409 e. The maximum atomic E-state index is 13.1. The van der Waals surface area contributed by atoms with Crippen LogP contribution in [0.25, 0.3) is 32.9 Å². The van der Waals surface area contributed by atoms with Crippen LogP contribution in [0, 0.1) is 10.8 Å². The number of piperidine rings is 2. The number of benzene rings is 4. The van der Waals surface area contributed by atoms with E-state index in [0.717, 1.165) is 95.2 Å². The zero-order chi connectivity index (χ0) is 38.9. The van der Waals surface area contributed by atoms with Gasteiger partial charge in [0.15, 0.2) is 0 Å². The highest BCUT2D eigenvalue weighted by atomic mass is 79.9. The Bertz CT molecular complexity index is 2670. The molecular weight excluding hydrogens is 848 g/mol. The topological polar surface area (TPSA) is 111 Å². The quantitative estimate of drug-likeness (QED) is 0.189. The molecule has 6 aromatic rings. The molecule has 57 heavy (non-hydrogen) atoms. The van der Waals surface area contributed by atoms with Crippen LogP contribution in [0.5, 0.6) is 0 Å². The highest BCUT2D eigenvalue weighted by molar-refractivity contribution is 9.10. The number of amides is 1. The van der Waals surface area contributed by atoms with Gasteiger partial charge in [0.2, 0.25) is 0 Å². The van der Waals surface area contributed by atoms with Crippen molar-refractivity contribution in [3.8, 4) is 11.1 Å². The van der Waals surface area contributed by atoms with Crippen molar-refractivity contribution in [3.05, 3.63) is 137 Å². The number of ether oxygens (including phenoxy) is 1. The minimum atomic E-state index is -0.252. The monoisotopic (exact) mass is 888 g/mol. The van der Waals surface area contributed by atoms with Crippen molar-refractivity contribution in [2.45, 2.75) is 57.5 Å². The van der Waals surface area contributed by atoms with E-state index in [2.05, 4.69) is 73.6 Å². The lowest BCUT2D eigenvalue weighted by Crippen LogP contribution is -2.44. The fourth-order valence-electron chi connectivity index (χ4n) is 10.0. The van der Waals surface area contributed by atoms with Gasteiger partial charge in [0.05, 0.1) is 21.8 Å². The summed E-state index contributed by atoms with van der Waals surface area (Å²) in [6.07, 6.45) is 5.39. The van der Waals surface area contributed by atoms with Crippen LogP contribution in [0.3, 0.4) is 0 Å². The van der Waals surface area contributed by atoms with E-state index in [-0.39, 0.29) is 34.0 Å². The molecule has 6 heterocycles. The molecule has 1 amide bonds. The van der Waals surface area contributed by atoms with Gasteiger partial charge >= 0.3 is 6.09 Å². The van der Waals surface area contributed by atoms with Crippen LogP contribution in [-0.2, 0) is 30.7 Å². The zero-order valence-corrected chi connectivity index (χ0v) is 34.6. The Morgan fingerprint density at radius 3 is 1.72 bits per heavy atom. The van der Waals surface area contributed by atoms with Gasteiger partial charge in [-0.1, -0.05) is 80.4 Å². The third kappa shape index (κ3) is 6.53. The highest BCUT2D eigenvalue weighted by Crippen LogP contribution is 2.45. The Labute approximate surface area is 346 Å². The summed E-state index contributed by atoms with van der Waals surface area (Å²) >= 11 is 6.93. The number of hydrogen-bond acceptors (Lipinski definition) is 7. The van der Waals surface area contributed by atoms with Crippen molar-refractivity contribution >= 4 is 59.8 Å². The fourth-order valence-corrected chi connectivity index (χ4v) is 10.7. The summed E-state index contributed by atoms with van der Waals surface area (Å²) in [4.78, 5) is 50.2. The number of nitrogens with one attached hydrogen (secondary N) is 1. The van der Waals surface area contributed by atoms with E-state index in [0.29, 0.717) is 31.6 Å². The summed E-state index contributed by atoms with van der Waals surface area (Å²) in [5, 5.41) is 4.78. The summed E-state index contributed by atoms with van der Waals surface area (Å²) in [5.41, 5.74) is 6.79. The summed E-state index contributed by atoms with van der Waals surface area (Å²) in [6.45, 7) is 5.19. The van der Waals surface area contributed by atoms with Crippen molar-refractivity contribution in [2.24, 2.45) is 10.8 Å². The molecule has 1 N–H and O–H groups in total. The Kier molecular flexibility index (Phi) is 9.21. The van der Waals surface area contributed by atoms with Crippen LogP contribution >= 0.6 is 31.9 Å². The molecule has 5 aliphatic rings. The van der Waals surface area contributed by atoms with E-state index in [1.54, 1.807) is 0 Å². The lowest BCUT2D eigenvalue weighted by atomic mass is 9.77. The van der Waals surface area contributed by atoms with Crippen molar-refractivity contribution in [1.82, 2.24) is 29.3 Å². The molecule has 2 aromatic heterocycles. The molecule has 0 saturated carbocycles. The standard InChI is InChI=1S/C30H26BrN3O3.C15H16BrN3O/c31-19-9-10-24-26(15-19)32-27-16-30(18-34(27)28(24)35)11-13-33(14-12-30)29(36)37-17-25-22-7-3-1-5-20(22)21-6-2-4-8-23(21)25;16-10-1-2-11-12(7-10)18-13-8-15(3-5-17-6-4-15)9-19(13)14(11)20/h1-10,15,25H,11-14,16-18H2;1-2,7,17H,3-6,8-9H2. The second-order valence-corrected chi connectivity index (χ2v) is 18.4. The fraction of sp³-hybridized carbons (Fsp3) is 0.356. The molecule has 4 aromatic carbocycles. The third-order valence-corrected chi connectivity index (χ3v) is 14.1. The Morgan fingerprint density at radius 2 is 1.19 bits per heavy atom. The van der Waals surface area contributed by atoms with Gasteiger partial charge in [0, 0.05) is 53.9 Å². The molecular formula is C45H42Br2N6O4. The lowest BCUT2D eigenvalue weighted by Gasteiger charge is -2.38. The Morgan fingerprint density at radius 1 is 0.702 bits per heavy atom. The molecule has 2 saturated heterocycles. The van der Waals surface area contributed by atoms with Crippen molar-refractivity contribution in [2.75, 3.05) is 32.8 Å². The van der Waals surface area contributed by atoms with Gasteiger partial charge in [-0.05, 0) is 108 Å². The molecule has 10 nitrogen and oxygen atoms in total. The minimum absolute atomic E-state index is 0.0309. The van der Waals surface area contributed by atoms with Gasteiger partial charge in [-0.2, -0.15) is 0 Å². The maximum Gasteiger partial charge on any atom is 0.409 e. The largest absolute Gasteiger partial charge is 0.448 e. The predicted octanol–water partition coefficient (Wildman–Crippen LogP) is 7.83. The normalized spacial score (nSPS) is 18.6. The van der Waals surface area contributed by atoms with E-state index >= 15 is 0 Å². The first-order valence-electron chi connectivity index (χ1n) is 19.9. The number of nitrogens with zero attached hydrogens (tertiary/aromatic N) is 5. The van der Waals surface area contributed by atoms with Crippen LogP contribution in [0.2, 0.25) is 0 Å². The molecule has 4 aliphatic heterocycles. The van der Waals surface area contributed by atoms with Gasteiger partial charge in [0.1, 0.15) is 18.3 Å². The number of fused-ring (bicyclic) bond motifs is 7. The average molecular weight is 891 g/mol. The van der Waals surface area contributed by atoms with E-state index in [4.69, 9.17) is 14.7 Å². The first-order chi connectivity index (χ1) is 27.7. The second kappa shape index (κ2) is 14.3. The first kappa shape index (κ1) is 36.7. The Balaban J connectivity index is 0.000000166. The van der Waals surface area contributed by atoms with Gasteiger partial charge < -0.3 is 15.0 Å². The lowest BCUT2D eigenvalue weighted by molar-refractivity contribution is 0.0635. The van der Waals surface area contributed by atoms with Gasteiger partial charge in [0.25, 0.3) is 11.1 Å². The summed E-state index contributed by atoms with van der Waals surface area (Å²) in [5.74, 6) is 1.87. The number of hydrogen-bond donors (Lipinski definition) is 1. The van der Waals surface area contributed by atoms with Crippen LogP contribution in [-0.4, -0.2) is 62.9 Å². The van der Waals surface area contributed by atoms with Crippen molar-refractivity contribution in [1.29, 1.82) is 0 Å². The van der Waals surface area contributed by atoms with Crippen molar-refractivity contribution in [3.63, 3.8) is 0 Å². The van der Waals surface area contributed by atoms with E-state index in [1.165, 1.54) is 22.3 Å². The molecule has 1 aliphatic carbocycles. The van der Waals surface area contributed by atoms with Crippen LogP contribution in [0.15, 0.2) is 103 Å². The molecule has 0 atom stereocenters. The van der Waals surface area contributed by atoms with Gasteiger partial charge in [-0.15, -0.1) is 0 Å². The van der Waals surface area contributed by atoms with E-state index in [9.17, 15) is 14.4 Å². The van der Waals surface area contributed by atoms with Crippen LogP contribution in [0.4, 0.5) is 4.79 Å². The van der Waals surface area contributed by atoms with Gasteiger partial charge in [-0.25, -0.2) is 14.8 Å². The summed E-state index contributed by atoms with van der Waals surface area (Å²) in [6, 6.07) is 28.1. The first-order valence-corrected chi connectivity index (χ1v) is 21.5. The maximum absolute atomic E-state index is 13.1. The number of carbonyl (C=O) groups excluding carboxylic acids is 1. The molecule has 12 heteroatoms. The Hall–Kier alpha value is -4.65. The van der Waals surface area contributed by atoms with Crippen molar-refractivity contribution < 1.29 is 9.53 Å². The number of rotatable bonds is 2. The molecule has 11 rings (SSSR count). The molecule has 0 unspecified atom stereocenters. The molecule has 0 bridgehead atoms. The number of carbonyl (C=O) groups is 1. The van der Waals surface area contributed by atoms with E-state index in [1.807, 2.05) is 62.6 Å². The number of aromatic nitrogens is 4. The number of halogens is 2. The second-order valence-electron chi connectivity index (χ2n) is 16.6. The molecule has 2 fully saturated rings. The van der Waals surface area contributed by atoms with Gasteiger partial charge in [-0.3, -0.25) is 18.7 Å². The predicted molar refractivity (Wildman–Crippen MR) is 228 cm³/mol. The SMILES string of the molecule is O=C(OCC1c2ccccc2-c2ccccc21)N1CCC2(CC1)Cc1nc3cc(Br)ccc3c(=O)n1C2.O=c1c2ccc(Br)cc2nc2n1CC1(CCNCC1)C2. The van der Waals surface area contributed by atoms with Crippen LogP contribution < -0.4 is 16.4 Å². The molecule has 0 radical (unpaired) electrons. The third-order valence-electron chi connectivity index (χ3n) is 13.1. The van der Waals surface area contributed by atoms with E-state index < -0.39 is 0 Å². The van der Waals surface area contributed by atoms with Crippen LogP contribution in [0.1, 0.15) is 54.4 Å². The highest BCUT2D eigenvalue weighted by Gasteiger charge is 2.43. The molecule has 2 spiro atoms. The average Bonchev–Trinajstić information content (AvgIpc) is 3.87. The summed E-state index contributed by atoms with van der Waals surface area (Å²) in [7, 11) is 0. The zero-order valence-electron chi connectivity index (χ0n) is 31.5. The molecule has 290 valence electrons. The minimum Gasteiger partial charge on any atom is -0.448 e. The number of likely N-dealkylation sites (tertiary alicyclic amines) is 1.